The van der Waals surface area contributed by atoms with E-state index >= 15 is 0 Å². The van der Waals surface area contributed by atoms with Gasteiger partial charge in [0.25, 0.3) is 5.91 Å². The molecule has 0 radical (unpaired) electrons. The first-order valence-corrected chi connectivity index (χ1v) is 9.71. The van der Waals surface area contributed by atoms with Crippen LogP contribution >= 0.6 is 23.1 Å². The highest BCUT2D eigenvalue weighted by Crippen LogP contribution is 2.28. The summed E-state index contributed by atoms with van der Waals surface area (Å²) in [4.78, 5) is 23.9. The van der Waals surface area contributed by atoms with Gasteiger partial charge in [0.1, 0.15) is 5.75 Å². The summed E-state index contributed by atoms with van der Waals surface area (Å²) >= 11 is 2.54. The summed E-state index contributed by atoms with van der Waals surface area (Å²) in [5, 5.41) is 14.2. The molecule has 138 valence electrons. The highest BCUT2D eigenvalue weighted by atomic mass is 32.2. The molecule has 3 aromatic rings. The second kappa shape index (κ2) is 9.15. The van der Waals surface area contributed by atoms with Crippen LogP contribution in [0.3, 0.4) is 0 Å². The van der Waals surface area contributed by atoms with E-state index in [-0.39, 0.29) is 11.7 Å². The van der Waals surface area contributed by atoms with Crippen molar-refractivity contribution in [2.24, 2.45) is 0 Å². The molecular weight excluding hydrogens is 384 g/mol. The third-order valence-electron chi connectivity index (χ3n) is 3.34. The molecule has 2 amide bonds. The highest BCUT2D eigenvalue weighted by molar-refractivity contribution is 8.01. The van der Waals surface area contributed by atoms with Crippen LogP contribution in [0.5, 0.6) is 5.75 Å². The monoisotopic (exact) mass is 400 g/mol. The van der Waals surface area contributed by atoms with Crippen molar-refractivity contribution >= 4 is 45.7 Å². The van der Waals surface area contributed by atoms with Gasteiger partial charge >= 0.3 is 0 Å². The number of rotatable bonds is 7. The topological polar surface area (TPSA) is 93.2 Å². The van der Waals surface area contributed by atoms with Crippen LogP contribution in [0.1, 0.15) is 10.4 Å². The van der Waals surface area contributed by atoms with Crippen molar-refractivity contribution in [2.75, 3.05) is 18.2 Å². The fraction of sp³-hybridized carbons (Fsp3) is 0.111. The van der Waals surface area contributed by atoms with Crippen LogP contribution in [-0.2, 0) is 4.79 Å². The first-order valence-electron chi connectivity index (χ1n) is 7.90. The van der Waals surface area contributed by atoms with E-state index in [0.29, 0.717) is 15.0 Å². The molecule has 0 fully saturated rings. The average molecular weight is 400 g/mol. The molecule has 9 heteroatoms. The van der Waals surface area contributed by atoms with Gasteiger partial charge in [-0.25, -0.2) is 0 Å². The van der Waals surface area contributed by atoms with E-state index in [1.54, 1.807) is 37.4 Å². The molecular formula is C18H16N4O3S2. The maximum atomic E-state index is 11.9. The Labute approximate surface area is 164 Å². The highest BCUT2D eigenvalue weighted by Gasteiger charge is 2.12. The van der Waals surface area contributed by atoms with Crippen molar-refractivity contribution < 1.29 is 14.3 Å². The Morgan fingerprint density at radius 1 is 1.11 bits per heavy atom. The second-order valence-corrected chi connectivity index (χ2v) is 7.46. The Hall–Kier alpha value is -2.91. The molecule has 2 aromatic carbocycles. The van der Waals surface area contributed by atoms with Crippen LogP contribution < -0.4 is 15.4 Å². The summed E-state index contributed by atoms with van der Waals surface area (Å²) in [6.45, 7) is 0. The van der Waals surface area contributed by atoms with E-state index in [0.717, 1.165) is 11.4 Å². The number of amides is 2. The Kier molecular flexibility index (Phi) is 6.39. The molecule has 27 heavy (non-hydrogen) atoms. The van der Waals surface area contributed by atoms with Gasteiger partial charge in [-0.1, -0.05) is 47.4 Å². The van der Waals surface area contributed by atoms with Crippen LogP contribution in [-0.4, -0.2) is 34.9 Å². The summed E-state index contributed by atoms with van der Waals surface area (Å²) in [5.74, 6) is 0.0101. The minimum atomic E-state index is -0.418. The minimum Gasteiger partial charge on any atom is -0.497 e. The molecule has 1 heterocycles. The zero-order chi connectivity index (χ0) is 19.1. The number of anilines is 2. The lowest BCUT2D eigenvalue weighted by Crippen LogP contribution is -2.31. The van der Waals surface area contributed by atoms with Crippen LogP contribution in [0, 0.1) is 0 Å². The smallest absolute Gasteiger partial charge is 0.257 e. The number of carbonyl (C=O) groups is 2. The zero-order valence-corrected chi connectivity index (χ0v) is 16.0. The van der Waals surface area contributed by atoms with Gasteiger partial charge in [0.2, 0.25) is 11.0 Å². The summed E-state index contributed by atoms with van der Waals surface area (Å²) in [6.07, 6.45) is 0. The molecule has 3 rings (SSSR count). The van der Waals surface area contributed by atoms with Crippen molar-refractivity contribution in [2.45, 2.75) is 4.34 Å². The fourth-order valence-electron chi connectivity index (χ4n) is 2.09. The molecule has 0 aliphatic heterocycles. The molecule has 2 N–H and O–H groups in total. The number of benzene rings is 2. The van der Waals surface area contributed by atoms with E-state index in [4.69, 9.17) is 4.74 Å². The standard InChI is InChI=1S/C18H16N4O3S2/c1-25-14-9-5-8-13(10-14)19-17-21-22-18(27-17)26-11-15(23)20-16(24)12-6-3-2-4-7-12/h2-10H,11H2,1H3,(H,19,21)(H,20,23,24). The van der Waals surface area contributed by atoms with Crippen molar-refractivity contribution in [1.82, 2.24) is 15.5 Å². The van der Waals surface area contributed by atoms with Crippen molar-refractivity contribution in [3.8, 4) is 5.75 Å². The van der Waals surface area contributed by atoms with Crippen LogP contribution in [0.25, 0.3) is 0 Å². The van der Waals surface area contributed by atoms with Gasteiger partial charge in [0.15, 0.2) is 4.34 Å². The molecule has 0 saturated heterocycles. The lowest BCUT2D eigenvalue weighted by Gasteiger charge is -2.04. The van der Waals surface area contributed by atoms with Crippen LogP contribution in [0.2, 0.25) is 0 Å². The number of hydrogen-bond donors (Lipinski definition) is 2. The van der Waals surface area contributed by atoms with Crippen molar-refractivity contribution in [3.05, 3.63) is 60.2 Å². The van der Waals surface area contributed by atoms with Gasteiger partial charge in [0.05, 0.1) is 12.9 Å². The lowest BCUT2D eigenvalue weighted by atomic mass is 10.2. The summed E-state index contributed by atoms with van der Waals surface area (Å²) in [6, 6.07) is 16.0. The molecule has 0 bridgehead atoms. The molecule has 0 aliphatic carbocycles. The van der Waals surface area contributed by atoms with Gasteiger partial charge < -0.3 is 10.1 Å². The Balaban J connectivity index is 1.50. The number of hydrogen-bond acceptors (Lipinski definition) is 8. The van der Waals surface area contributed by atoms with Crippen molar-refractivity contribution in [3.63, 3.8) is 0 Å². The zero-order valence-electron chi connectivity index (χ0n) is 14.3. The first-order chi connectivity index (χ1) is 13.1. The van der Waals surface area contributed by atoms with Gasteiger partial charge in [-0.3, -0.25) is 14.9 Å². The number of methoxy groups -OCH3 is 1. The van der Waals surface area contributed by atoms with Gasteiger partial charge in [-0.15, -0.1) is 10.2 Å². The average Bonchev–Trinajstić information content (AvgIpc) is 3.14. The predicted octanol–water partition coefficient (Wildman–Crippen LogP) is 3.34. The minimum absolute atomic E-state index is 0.0758. The maximum Gasteiger partial charge on any atom is 0.257 e. The number of imide groups is 1. The number of carbonyl (C=O) groups excluding carboxylic acids is 2. The number of aromatic nitrogens is 2. The molecule has 0 atom stereocenters. The molecule has 0 saturated carbocycles. The summed E-state index contributed by atoms with van der Waals surface area (Å²) in [5.41, 5.74) is 1.27. The van der Waals surface area contributed by atoms with Crippen LogP contribution in [0.4, 0.5) is 10.8 Å². The molecule has 0 unspecified atom stereocenters. The molecule has 0 spiro atoms. The van der Waals surface area contributed by atoms with Crippen LogP contribution in [0.15, 0.2) is 58.9 Å². The largest absolute Gasteiger partial charge is 0.497 e. The number of ether oxygens (including phenoxy) is 1. The number of thioether (sulfide) groups is 1. The van der Waals surface area contributed by atoms with E-state index in [1.165, 1.54) is 23.1 Å². The second-order valence-electron chi connectivity index (χ2n) is 5.26. The van der Waals surface area contributed by atoms with Gasteiger partial charge in [-0.05, 0) is 24.3 Å². The summed E-state index contributed by atoms with van der Waals surface area (Å²) < 4.78 is 5.81. The normalized spacial score (nSPS) is 10.3. The molecule has 0 aliphatic rings. The maximum absolute atomic E-state index is 11.9. The first kappa shape index (κ1) is 18.9. The molecule has 7 nitrogen and oxygen atoms in total. The van der Waals surface area contributed by atoms with E-state index in [1.807, 2.05) is 24.3 Å². The fourth-order valence-corrected chi connectivity index (χ4v) is 3.67. The Morgan fingerprint density at radius 2 is 1.93 bits per heavy atom. The van der Waals surface area contributed by atoms with E-state index in [9.17, 15) is 9.59 Å². The Morgan fingerprint density at radius 3 is 2.70 bits per heavy atom. The Bertz CT molecular complexity index is 931. The molecule has 1 aromatic heterocycles. The summed E-state index contributed by atoms with van der Waals surface area (Å²) in [7, 11) is 1.60. The van der Waals surface area contributed by atoms with E-state index in [2.05, 4.69) is 20.8 Å². The number of nitrogens with one attached hydrogen (secondary N) is 2. The van der Waals surface area contributed by atoms with E-state index < -0.39 is 5.91 Å². The third-order valence-corrected chi connectivity index (χ3v) is 5.32. The lowest BCUT2D eigenvalue weighted by molar-refractivity contribution is -0.117. The number of nitrogens with zero attached hydrogens (tertiary/aromatic N) is 2. The predicted molar refractivity (Wildman–Crippen MR) is 106 cm³/mol. The SMILES string of the molecule is COc1cccc(Nc2nnc(SCC(=O)NC(=O)c3ccccc3)s2)c1. The quantitative estimate of drug-likeness (QED) is 0.588. The van der Waals surface area contributed by atoms with Gasteiger partial charge in [0, 0.05) is 17.3 Å². The van der Waals surface area contributed by atoms with Gasteiger partial charge in [-0.2, -0.15) is 0 Å². The van der Waals surface area contributed by atoms with Crippen molar-refractivity contribution in [1.29, 1.82) is 0 Å². The third kappa shape index (κ3) is 5.53.